The van der Waals surface area contributed by atoms with Gasteiger partial charge in [-0.15, -0.1) is 0 Å². The van der Waals surface area contributed by atoms with Gasteiger partial charge in [-0.2, -0.15) is 0 Å². The highest BCUT2D eigenvalue weighted by atomic mass is 16.5. The summed E-state index contributed by atoms with van der Waals surface area (Å²) in [6.07, 6.45) is 2.35. The lowest BCUT2D eigenvalue weighted by Gasteiger charge is -2.07. The minimum atomic E-state index is -0.370. The Morgan fingerprint density at radius 3 is 2.55 bits per heavy atom. The van der Waals surface area contributed by atoms with Gasteiger partial charge in [0, 0.05) is 23.2 Å². The molecule has 6 heteroatoms. The van der Waals surface area contributed by atoms with E-state index in [4.69, 9.17) is 4.74 Å². The highest BCUT2D eigenvalue weighted by Crippen LogP contribution is 2.48. The van der Waals surface area contributed by atoms with Crippen molar-refractivity contribution in [1.29, 1.82) is 0 Å². The van der Waals surface area contributed by atoms with Crippen LogP contribution in [0.2, 0.25) is 0 Å². The Bertz CT molecular complexity index is 1380. The second-order valence-electron chi connectivity index (χ2n) is 8.23. The third-order valence-corrected chi connectivity index (χ3v) is 5.96. The fraction of sp³-hybridized carbons (Fsp3) is 0.148. The lowest BCUT2D eigenvalue weighted by molar-refractivity contribution is -0.117. The Balaban J connectivity index is 1.18. The molecule has 1 fully saturated rings. The standard InChI is InChI=1S/C27H22N2O4/c30-25-22-11-10-21(14-20(22)12-13-28-25)29-26(31)24-15-23(24)18-6-8-19(9-7-18)27(32)33-16-17-4-2-1-3-5-17/h1-14,23-24H,15-16H2,(H,28,30)(H,29,31). The van der Waals surface area contributed by atoms with E-state index in [-0.39, 0.29) is 35.9 Å². The molecular formula is C27H22N2O4. The van der Waals surface area contributed by atoms with Crippen molar-refractivity contribution in [3.8, 4) is 0 Å². The van der Waals surface area contributed by atoms with E-state index >= 15 is 0 Å². The van der Waals surface area contributed by atoms with Gasteiger partial charge in [0.05, 0.1) is 5.56 Å². The molecule has 33 heavy (non-hydrogen) atoms. The maximum atomic E-state index is 12.7. The van der Waals surface area contributed by atoms with Crippen molar-refractivity contribution < 1.29 is 14.3 Å². The van der Waals surface area contributed by atoms with Crippen molar-refractivity contribution in [2.75, 3.05) is 5.32 Å². The van der Waals surface area contributed by atoms with Gasteiger partial charge in [0.15, 0.2) is 0 Å². The van der Waals surface area contributed by atoms with Crippen LogP contribution in [0.1, 0.15) is 33.8 Å². The number of aromatic amines is 1. The monoisotopic (exact) mass is 438 g/mol. The number of carbonyl (C=O) groups is 2. The van der Waals surface area contributed by atoms with E-state index in [9.17, 15) is 14.4 Å². The van der Waals surface area contributed by atoms with Gasteiger partial charge in [0.2, 0.25) is 5.91 Å². The normalized spacial score (nSPS) is 16.8. The summed E-state index contributed by atoms with van der Waals surface area (Å²) in [5, 5.41) is 4.31. The molecule has 0 bridgehead atoms. The van der Waals surface area contributed by atoms with E-state index in [2.05, 4.69) is 10.3 Å². The van der Waals surface area contributed by atoms with Gasteiger partial charge in [-0.05, 0) is 65.3 Å². The number of hydrogen-bond acceptors (Lipinski definition) is 4. The van der Waals surface area contributed by atoms with Crippen molar-refractivity contribution in [2.24, 2.45) is 5.92 Å². The molecule has 2 unspecified atom stereocenters. The molecule has 3 aromatic carbocycles. The SMILES string of the molecule is O=C(OCc1ccccc1)c1ccc(C2CC2C(=O)Nc2ccc3c(=O)[nH]ccc3c2)cc1. The number of aromatic nitrogens is 1. The number of rotatable bonds is 6. The Labute approximate surface area is 190 Å². The molecule has 2 N–H and O–H groups in total. The molecule has 0 radical (unpaired) electrons. The van der Waals surface area contributed by atoms with E-state index in [1.54, 1.807) is 42.6 Å². The molecular weight excluding hydrogens is 416 g/mol. The van der Waals surface area contributed by atoms with E-state index in [0.717, 1.165) is 22.9 Å². The van der Waals surface area contributed by atoms with Gasteiger partial charge in [0.1, 0.15) is 6.61 Å². The summed E-state index contributed by atoms with van der Waals surface area (Å²) in [6.45, 7) is 0.232. The average Bonchev–Trinajstić information content (AvgIpc) is 3.65. The van der Waals surface area contributed by atoms with Crippen LogP contribution < -0.4 is 10.9 Å². The smallest absolute Gasteiger partial charge is 0.338 e. The summed E-state index contributed by atoms with van der Waals surface area (Å²) >= 11 is 0. The van der Waals surface area contributed by atoms with Gasteiger partial charge >= 0.3 is 5.97 Å². The van der Waals surface area contributed by atoms with Crippen molar-refractivity contribution in [3.63, 3.8) is 0 Å². The van der Waals surface area contributed by atoms with Crippen LogP contribution in [-0.2, 0) is 16.1 Å². The van der Waals surface area contributed by atoms with Crippen molar-refractivity contribution in [1.82, 2.24) is 4.98 Å². The Morgan fingerprint density at radius 2 is 1.76 bits per heavy atom. The van der Waals surface area contributed by atoms with Crippen LogP contribution in [0.4, 0.5) is 5.69 Å². The van der Waals surface area contributed by atoms with Gasteiger partial charge in [0.25, 0.3) is 5.56 Å². The Morgan fingerprint density at radius 1 is 0.970 bits per heavy atom. The molecule has 0 aliphatic heterocycles. The molecule has 1 aliphatic carbocycles. The second kappa shape index (κ2) is 8.74. The lowest BCUT2D eigenvalue weighted by Crippen LogP contribution is -2.15. The highest BCUT2D eigenvalue weighted by molar-refractivity contribution is 5.97. The van der Waals surface area contributed by atoms with Crippen molar-refractivity contribution in [2.45, 2.75) is 18.9 Å². The van der Waals surface area contributed by atoms with E-state index in [1.807, 2.05) is 42.5 Å². The topological polar surface area (TPSA) is 88.3 Å². The molecule has 0 spiro atoms. The number of carbonyl (C=O) groups excluding carboxylic acids is 2. The van der Waals surface area contributed by atoms with Crippen LogP contribution >= 0.6 is 0 Å². The fourth-order valence-electron chi connectivity index (χ4n) is 4.03. The van der Waals surface area contributed by atoms with Crippen LogP contribution in [0, 0.1) is 5.92 Å². The molecule has 0 saturated heterocycles. The molecule has 6 nitrogen and oxygen atoms in total. The van der Waals surface area contributed by atoms with E-state index < -0.39 is 0 Å². The Kier molecular flexibility index (Phi) is 5.48. The Hall–Kier alpha value is -4.19. The summed E-state index contributed by atoms with van der Waals surface area (Å²) in [5.74, 6) is -0.403. The molecule has 1 saturated carbocycles. The number of pyridine rings is 1. The van der Waals surface area contributed by atoms with E-state index in [1.165, 1.54) is 0 Å². The summed E-state index contributed by atoms with van der Waals surface area (Å²) in [5.41, 5.74) is 2.97. The molecule has 1 amide bonds. The summed E-state index contributed by atoms with van der Waals surface area (Å²) < 4.78 is 5.37. The molecule has 164 valence electrons. The van der Waals surface area contributed by atoms with Crippen LogP contribution in [0.25, 0.3) is 10.8 Å². The number of fused-ring (bicyclic) bond motifs is 1. The highest BCUT2D eigenvalue weighted by Gasteiger charge is 2.43. The van der Waals surface area contributed by atoms with Crippen LogP contribution in [0.15, 0.2) is 89.9 Å². The van der Waals surface area contributed by atoms with E-state index in [0.29, 0.717) is 16.6 Å². The molecule has 4 aromatic rings. The quantitative estimate of drug-likeness (QED) is 0.430. The third-order valence-electron chi connectivity index (χ3n) is 5.96. The van der Waals surface area contributed by atoms with Gasteiger partial charge in [-0.1, -0.05) is 42.5 Å². The summed E-state index contributed by atoms with van der Waals surface area (Å²) in [4.78, 5) is 39.5. The predicted octanol–water partition coefficient (Wildman–Crippen LogP) is 4.63. The molecule has 5 rings (SSSR count). The molecule has 2 atom stereocenters. The zero-order valence-corrected chi connectivity index (χ0v) is 17.8. The number of benzene rings is 3. The van der Waals surface area contributed by atoms with Crippen molar-refractivity contribution >= 4 is 28.3 Å². The summed E-state index contributed by atoms with van der Waals surface area (Å²) in [6, 6.07) is 23.9. The third kappa shape index (κ3) is 4.55. The molecule has 1 heterocycles. The number of anilines is 1. The summed E-state index contributed by atoms with van der Waals surface area (Å²) in [7, 11) is 0. The lowest BCUT2D eigenvalue weighted by atomic mass is 10.1. The number of ether oxygens (including phenoxy) is 1. The number of amides is 1. The maximum absolute atomic E-state index is 12.7. The first-order chi connectivity index (χ1) is 16.1. The maximum Gasteiger partial charge on any atom is 0.338 e. The minimum Gasteiger partial charge on any atom is -0.457 e. The fourth-order valence-corrected chi connectivity index (χ4v) is 4.03. The van der Waals surface area contributed by atoms with Gasteiger partial charge in [-0.3, -0.25) is 9.59 Å². The number of H-pyrrole nitrogens is 1. The number of hydrogen-bond donors (Lipinski definition) is 2. The number of esters is 1. The first kappa shape index (κ1) is 20.7. The van der Waals surface area contributed by atoms with Crippen LogP contribution in [-0.4, -0.2) is 16.9 Å². The van der Waals surface area contributed by atoms with Gasteiger partial charge in [-0.25, -0.2) is 4.79 Å². The average molecular weight is 438 g/mol. The zero-order chi connectivity index (χ0) is 22.8. The first-order valence-electron chi connectivity index (χ1n) is 10.8. The zero-order valence-electron chi connectivity index (χ0n) is 17.8. The molecule has 1 aromatic heterocycles. The first-order valence-corrected chi connectivity index (χ1v) is 10.8. The van der Waals surface area contributed by atoms with Crippen molar-refractivity contribution in [3.05, 3.63) is 112 Å². The van der Waals surface area contributed by atoms with Crippen LogP contribution in [0.3, 0.4) is 0 Å². The van der Waals surface area contributed by atoms with Gasteiger partial charge < -0.3 is 15.0 Å². The second-order valence-corrected chi connectivity index (χ2v) is 8.23. The largest absolute Gasteiger partial charge is 0.457 e. The minimum absolute atomic E-state index is 0.0458. The predicted molar refractivity (Wildman–Crippen MR) is 126 cm³/mol. The number of nitrogens with one attached hydrogen (secondary N) is 2. The molecule has 1 aliphatic rings. The van der Waals surface area contributed by atoms with Crippen LogP contribution in [0.5, 0.6) is 0 Å².